The van der Waals surface area contributed by atoms with Gasteiger partial charge in [-0.2, -0.15) is 0 Å². The van der Waals surface area contributed by atoms with Gasteiger partial charge in [0.25, 0.3) is 0 Å². The van der Waals surface area contributed by atoms with E-state index in [1.165, 1.54) is 0 Å². The van der Waals surface area contributed by atoms with Gasteiger partial charge in [-0.1, -0.05) is 12.2 Å². The minimum Gasteiger partial charge on any atom is -0.469 e. The third kappa shape index (κ3) is 3.33. The molecule has 2 rings (SSSR count). The largest absolute Gasteiger partial charge is 0.469 e. The number of nitrogens with one attached hydrogen (secondary N) is 1. The van der Waals surface area contributed by atoms with Crippen LogP contribution in [0.25, 0.3) is 0 Å². The molecule has 0 radical (unpaired) electrons. The molecule has 0 atom stereocenters. The standard InChI is InChI=1S/C13H12BrFN2OS/c14-11-9(13(16)19)3-4-10(12(11)15)17-6-5-8-2-1-7-18-8/h1-4,7,17H,5-6H2,(H2,16,19). The summed E-state index contributed by atoms with van der Waals surface area (Å²) < 4.78 is 19.5. The number of hydrogen-bond acceptors (Lipinski definition) is 3. The second-order valence-electron chi connectivity index (χ2n) is 3.91. The monoisotopic (exact) mass is 342 g/mol. The third-order valence-electron chi connectivity index (χ3n) is 2.61. The Bertz CT molecular complexity index is 587. The summed E-state index contributed by atoms with van der Waals surface area (Å²) in [6.07, 6.45) is 2.30. The summed E-state index contributed by atoms with van der Waals surface area (Å²) in [7, 11) is 0. The second kappa shape index (κ2) is 6.16. The topological polar surface area (TPSA) is 51.2 Å². The number of nitrogens with two attached hydrogens (primary N) is 1. The van der Waals surface area contributed by atoms with Crippen LogP contribution in [0, 0.1) is 5.82 Å². The van der Waals surface area contributed by atoms with Gasteiger partial charge in [-0.3, -0.25) is 0 Å². The Morgan fingerprint density at radius 1 is 1.42 bits per heavy atom. The van der Waals surface area contributed by atoms with Crippen LogP contribution in [0.3, 0.4) is 0 Å². The van der Waals surface area contributed by atoms with Crippen LogP contribution < -0.4 is 11.1 Å². The van der Waals surface area contributed by atoms with Crippen molar-refractivity contribution < 1.29 is 8.81 Å². The van der Waals surface area contributed by atoms with Crippen LogP contribution in [0.15, 0.2) is 39.4 Å². The highest BCUT2D eigenvalue weighted by Crippen LogP contribution is 2.27. The van der Waals surface area contributed by atoms with Crippen LogP contribution in [-0.2, 0) is 6.42 Å². The highest BCUT2D eigenvalue weighted by atomic mass is 79.9. The second-order valence-corrected chi connectivity index (χ2v) is 5.14. The Kier molecular flexibility index (Phi) is 4.55. The molecule has 1 aromatic carbocycles. The van der Waals surface area contributed by atoms with Crippen LogP contribution in [-0.4, -0.2) is 11.5 Å². The van der Waals surface area contributed by atoms with E-state index in [1.807, 2.05) is 12.1 Å². The zero-order valence-corrected chi connectivity index (χ0v) is 12.4. The van der Waals surface area contributed by atoms with E-state index in [0.717, 1.165) is 5.76 Å². The van der Waals surface area contributed by atoms with E-state index in [-0.39, 0.29) is 9.46 Å². The predicted octanol–water partition coefficient (Wildman–Crippen LogP) is 3.47. The van der Waals surface area contributed by atoms with Gasteiger partial charge in [-0.25, -0.2) is 4.39 Å². The average molecular weight is 343 g/mol. The maximum Gasteiger partial charge on any atom is 0.161 e. The summed E-state index contributed by atoms with van der Waals surface area (Å²) >= 11 is 8.00. The predicted molar refractivity (Wildman–Crippen MR) is 80.9 cm³/mol. The first-order chi connectivity index (χ1) is 9.09. The molecule has 0 amide bonds. The first-order valence-corrected chi connectivity index (χ1v) is 6.83. The lowest BCUT2D eigenvalue weighted by molar-refractivity contribution is 0.512. The lowest BCUT2D eigenvalue weighted by atomic mass is 10.2. The van der Waals surface area contributed by atoms with Crippen molar-refractivity contribution in [2.45, 2.75) is 6.42 Å². The van der Waals surface area contributed by atoms with Crippen LogP contribution >= 0.6 is 28.1 Å². The normalized spacial score (nSPS) is 10.4. The molecule has 1 aromatic heterocycles. The van der Waals surface area contributed by atoms with E-state index >= 15 is 0 Å². The average Bonchev–Trinajstić information content (AvgIpc) is 2.87. The molecule has 3 N–H and O–H groups in total. The lowest BCUT2D eigenvalue weighted by Crippen LogP contribution is -2.12. The quantitative estimate of drug-likeness (QED) is 0.817. The van der Waals surface area contributed by atoms with E-state index in [1.54, 1.807) is 18.4 Å². The zero-order chi connectivity index (χ0) is 13.8. The molecule has 3 nitrogen and oxygen atoms in total. The van der Waals surface area contributed by atoms with Crippen LogP contribution in [0.5, 0.6) is 0 Å². The van der Waals surface area contributed by atoms with Crippen molar-refractivity contribution in [2.75, 3.05) is 11.9 Å². The van der Waals surface area contributed by atoms with Gasteiger partial charge in [0.1, 0.15) is 10.7 Å². The van der Waals surface area contributed by atoms with E-state index in [2.05, 4.69) is 21.2 Å². The Morgan fingerprint density at radius 2 is 2.21 bits per heavy atom. The SMILES string of the molecule is NC(=S)c1ccc(NCCc2ccco2)c(F)c1Br. The first-order valence-electron chi connectivity index (χ1n) is 5.63. The maximum atomic E-state index is 14.0. The molecule has 0 fully saturated rings. The van der Waals surface area contributed by atoms with Crippen molar-refractivity contribution in [3.63, 3.8) is 0 Å². The number of anilines is 1. The minimum atomic E-state index is -0.398. The molecule has 6 heteroatoms. The molecule has 0 unspecified atom stereocenters. The molecule has 2 aromatic rings. The summed E-state index contributed by atoms with van der Waals surface area (Å²) in [6.45, 7) is 0.573. The van der Waals surface area contributed by atoms with Crippen LogP contribution in [0.2, 0.25) is 0 Å². The fourth-order valence-electron chi connectivity index (χ4n) is 1.65. The van der Waals surface area contributed by atoms with Crippen molar-refractivity contribution in [3.05, 3.63) is 52.1 Å². The Balaban J connectivity index is 2.05. The summed E-state index contributed by atoms with van der Waals surface area (Å²) in [5, 5.41) is 3.01. The molecule has 0 spiro atoms. The fraction of sp³-hybridized carbons (Fsp3) is 0.154. The zero-order valence-electron chi connectivity index (χ0n) is 9.95. The number of benzene rings is 1. The van der Waals surface area contributed by atoms with Crippen molar-refractivity contribution in [3.8, 4) is 0 Å². The molecular weight excluding hydrogens is 331 g/mol. The summed E-state index contributed by atoms with van der Waals surface area (Å²) in [5.74, 6) is 0.455. The molecule has 0 bridgehead atoms. The highest BCUT2D eigenvalue weighted by molar-refractivity contribution is 9.10. The summed E-state index contributed by atoms with van der Waals surface area (Å²) in [5.41, 5.74) is 6.39. The van der Waals surface area contributed by atoms with E-state index in [0.29, 0.717) is 24.2 Å². The molecule has 0 aliphatic rings. The summed E-state index contributed by atoms with van der Waals surface area (Å²) in [6, 6.07) is 7.01. The van der Waals surface area contributed by atoms with Crippen molar-refractivity contribution in [1.82, 2.24) is 0 Å². The van der Waals surface area contributed by atoms with Crippen LogP contribution in [0.1, 0.15) is 11.3 Å². The van der Waals surface area contributed by atoms with E-state index < -0.39 is 5.82 Å². The minimum absolute atomic E-state index is 0.160. The van der Waals surface area contributed by atoms with Gasteiger partial charge in [-0.05, 0) is 40.2 Å². The molecule has 0 saturated carbocycles. The number of halogens is 2. The molecule has 0 aliphatic carbocycles. The number of rotatable bonds is 5. The van der Waals surface area contributed by atoms with Crippen molar-refractivity contribution in [1.29, 1.82) is 0 Å². The van der Waals surface area contributed by atoms with Gasteiger partial charge in [-0.15, -0.1) is 0 Å². The highest BCUT2D eigenvalue weighted by Gasteiger charge is 2.12. The number of thiocarbonyl (C=S) groups is 1. The molecule has 100 valence electrons. The van der Waals surface area contributed by atoms with E-state index in [4.69, 9.17) is 22.4 Å². The molecule has 0 saturated heterocycles. The molecular formula is C13H12BrFN2OS. The Labute approximate surface area is 124 Å². The van der Waals surface area contributed by atoms with Gasteiger partial charge in [0.05, 0.1) is 16.4 Å². The van der Waals surface area contributed by atoms with Gasteiger partial charge in [0.2, 0.25) is 0 Å². The van der Waals surface area contributed by atoms with Crippen LogP contribution in [0.4, 0.5) is 10.1 Å². The number of furan rings is 1. The fourth-order valence-corrected chi connectivity index (χ4v) is 2.51. The lowest BCUT2D eigenvalue weighted by Gasteiger charge is -2.10. The smallest absolute Gasteiger partial charge is 0.161 e. The number of hydrogen-bond donors (Lipinski definition) is 2. The van der Waals surface area contributed by atoms with Gasteiger partial charge >= 0.3 is 0 Å². The van der Waals surface area contributed by atoms with Gasteiger partial charge in [0, 0.05) is 18.5 Å². The summed E-state index contributed by atoms with van der Waals surface area (Å²) in [4.78, 5) is 0.160. The maximum absolute atomic E-state index is 14.0. The first kappa shape index (κ1) is 14.0. The Morgan fingerprint density at radius 3 is 2.84 bits per heavy atom. The van der Waals surface area contributed by atoms with Crippen molar-refractivity contribution in [2.24, 2.45) is 5.73 Å². The van der Waals surface area contributed by atoms with E-state index in [9.17, 15) is 4.39 Å². The van der Waals surface area contributed by atoms with Gasteiger partial charge in [0.15, 0.2) is 5.82 Å². The van der Waals surface area contributed by atoms with Crippen molar-refractivity contribution >= 4 is 38.8 Å². The van der Waals surface area contributed by atoms with Gasteiger partial charge < -0.3 is 15.5 Å². The Hall–Kier alpha value is -1.40. The molecule has 1 heterocycles. The third-order valence-corrected chi connectivity index (χ3v) is 3.61. The molecule has 0 aliphatic heterocycles. The molecule has 19 heavy (non-hydrogen) atoms.